The molecule has 2 N–H and O–H groups in total. The van der Waals surface area contributed by atoms with E-state index in [2.05, 4.69) is 36.8 Å². The highest BCUT2D eigenvalue weighted by Gasteiger charge is 2.29. The van der Waals surface area contributed by atoms with Gasteiger partial charge < -0.3 is 24.8 Å². The number of pyridine rings is 1. The van der Waals surface area contributed by atoms with E-state index in [-0.39, 0.29) is 11.8 Å². The summed E-state index contributed by atoms with van der Waals surface area (Å²) in [6, 6.07) is 9.69. The van der Waals surface area contributed by atoms with Gasteiger partial charge in [0.25, 0.3) is 5.91 Å². The molecule has 11 heteroatoms. The van der Waals surface area contributed by atoms with Gasteiger partial charge in [-0.1, -0.05) is 16.8 Å². The third-order valence-corrected chi connectivity index (χ3v) is 6.97. The van der Waals surface area contributed by atoms with E-state index in [1.54, 1.807) is 25.4 Å². The lowest BCUT2D eigenvalue weighted by atomic mass is 10.0. The first-order valence-corrected chi connectivity index (χ1v) is 12.9. The van der Waals surface area contributed by atoms with Crippen molar-refractivity contribution in [3.8, 4) is 5.75 Å². The van der Waals surface area contributed by atoms with Gasteiger partial charge in [-0.2, -0.15) is 4.98 Å². The fraction of sp³-hybridized carbons (Fsp3) is 0.296. The molecule has 1 amide bonds. The Bertz CT molecular complexity index is 1490. The second-order valence-corrected chi connectivity index (χ2v) is 9.99. The van der Waals surface area contributed by atoms with Crippen molar-refractivity contribution in [2.75, 3.05) is 30.3 Å². The van der Waals surface area contributed by atoms with E-state index in [1.165, 1.54) is 0 Å². The Hall–Kier alpha value is -4.18. The number of likely N-dealkylation sites (tertiary alicyclic amines) is 1. The summed E-state index contributed by atoms with van der Waals surface area (Å²) in [6.07, 6.45) is 7.58. The molecule has 3 aromatic heterocycles. The van der Waals surface area contributed by atoms with Crippen molar-refractivity contribution in [3.63, 3.8) is 0 Å². The minimum Gasteiger partial charge on any atom is -0.493 e. The number of anilines is 4. The number of aromatic nitrogens is 4. The van der Waals surface area contributed by atoms with Crippen molar-refractivity contribution in [1.82, 2.24) is 25.0 Å². The van der Waals surface area contributed by atoms with Crippen LogP contribution in [0.15, 0.2) is 53.4 Å². The average Bonchev–Trinajstić information content (AvgIpc) is 3.57. The van der Waals surface area contributed by atoms with Crippen LogP contribution in [0.1, 0.15) is 33.8 Å². The number of hydrogen-bond donors (Lipinski definition) is 2. The first-order chi connectivity index (χ1) is 18.5. The quantitative estimate of drug-likeness (QED) is 0.377. The summed E-state index contributed by atoms with van der Waals surface area (Å²) >= 11 is 6.37. The van der Waals surface area contributed by atoms with E-state index in [0.717, 1.165) is 47.5 Å². The standard InChI is InChI=1S/C27H26ClN7O3/c1-16-8-23(34-38-16)26(36)35-7-6-18(14-35)15-37-24-5-4-20-10-19(24)3-2-17-9-21(12-29-11-17)32-27-30-13-22(28)25(31-20)33-27/h4-5,8-13,18H,2-3,6-7,14-15H2,1H3,(H2,30,31,32,33). The average molecular weight is 532 g/mol. The molecule has 1 aromatic carbocycles. The van der Waals surface area contributed by atoms with Gasteiger partial charge in [0, 0.05) is 37.0 Å². The lowest BCUT2D eigenvalue weighted by Crippen LogP contribution is -2.29. The van der Waals surface area contributed by atoms with E-state index >= 15 is 0 Å². The normalized spacial score (nSPS) is 16.5. The molecular weight excluding hydrogens is 506 g/mol. The molecule has 1 unspecified atom stereocenters. The van der Waals surface area contributed by atoms with Gasteiger partial charge in [-0.3, -0.25) is 9.78 Å². The van der Waals surface area contributed by atoms with Gasteiger partial charge >= 0.3 is 0 Å². The summed E-state index contributed by atoms with van der Waals surface area (Å²) in [5.74, 6) is 2.51. The maximum Gasteiger partial charge on any atom is 0.276 e. The molecular formula is C27H26ClN7O3. The molecule has 2 aliphatic rings. The fourth-order valence-electron chi connectivity index (χ4n) is 4.74. The number of nitrogens with zero attached hydrogens (tertiary/aromatic N) is 5. The maximum atomic E-state index is 12.7. The lowest BCUT2D eigenvalue weighted by molar-refractivity contribution is 0.0772. The Morgan fingerprint density at radius 3 is 2.95 bits per heavy atom. The van der Waals surface area contributed by atoms with Crippen LogP contribution in [0.3, 0.4) is 0 Å². The van der Waals surface area contributed by atoms with Gasteiger partial charge in [0.1, 0.15) is 16.5 Å². The van der Waals surface area contributed by atoms with Crippen LogP contribution in [0, 0.1) is 12.8 Å². The van der Waals surface area contributed by atoms with Crippen LogP contribution >= 0.6 is 11.6 Å². The molecule has 6 bridgehead atoms. The zero-order valence-electron chi connectivity index (χ0n) is 20.8. The number of ether oxygens (including phenoxy) is 1. The summed E-state index contributed by atoms with van der Waals surface area (Å²) in [7, 11) is 0. The van der Waals surface area contributed by atoms with Gasteiger partial charge in [0.05, 0.1) is 24.7 Å². The highest BCUT2D eigenvalue weighted by molar-refractivity contribution is 6.32. The molecule has 1 fully saturated rings. The van der Waals surface area contributed by atoms with Crippen molar-refractivity contribution in [2.45, 2.75) is 26.2 Å². The third kappa shape index (κ3) is 5.26. The maximum absolute atomic E-state index is 12.7. The number of benzene rings is 1. The Kier molecular flexibility index (Phi) is 6.55. The van der Waals surface area contributed by atoms with Gasteiger partial charge in [-0.25, -0.2) is 4.98 Å². The largest absolute Gasteiger partial charge is 0.493 e. The van der Waals surface area contributed by atoms with Crippen molar-refractivity contribution >= 4 is 40.6 Å². The summed E-state index contributed by atoms with van der Waals surface area (Å²) < 4.78 is 11.4. The minimum absolute atomic E-state index is 0.102. The molecule has 0 saturated carbocycles. The SMILES string of the molecule is Cc1cc(C(=O)N2CCC(COc3ccc4cc3CCc3cncc(c3)Nc3ncc(Cl)c(n3)N4)C2)no1. The molecule has 38 heavy (non-hydrogen) atoms. The summed E-state index contributed by atoms with van der Waals surface area (Å²) in [5.41, 5.74) is 4.15. The van der Waals surface area contributed by atoms with Gasteiger partial charge in [-0.15, -0.1) is 0 Å². The summed E-state index contributed by atoms with van der Waals surface area (Å²) in [4.78, 5) is 27.7. The van der Waals surface area contributed by atoms with E-state index in [9.17, 15) is 4.79 Å². The molecule has 0 spiro atoms. The monoisotopic (exact) mass is 531 g/mol. The molecule has 4 aromatic rings. The second-order valence-electron chi connectivity index (χ2n) is 9.58. The Labute approximate surface area is 224 Å². The minimum atomic E-state index is -0.102. The molecule has 6 rings (SSSR count). The van der Waals surface area contributed by atoms with E-state index in [0.29, 0.717) is 47.9 Å². The van der Waals surface area contributed by atoms with Gasteiger partial charge in [0.15, 0.2) is 11.5 Å². The molecule has 1 saturated heterocycles. The first-order valence-electron chi connectivity index (χ1n) is 12.5. The van der Waals surface area contributed by atoms with Crippen LogP contribution in [0.25, 0.3) is 0 Å². The van der Waals surface area contributed by atoms with E-state index in [1.807, 2.05) is 29.3 Å². The summed E-state index contributed by atoms with van der Waals surface area (Å²) in [6.45, 7) is 3.59. The number of carbonyl (C=O) groups excluding carboxylic acids is 1. The fourth-order valence-corrected chi connectivity index (χ4v) is 4.87. The number of amides is 1. The van der Waals surface area contributed by atoms with Crippen LogP contribution in [0.4, 0.5) is 23.1 Å². The lowest BCUT2D eigenvalue weighted by Gasteiger charge is -2.18. The number of nitrogens with one attached hydrogen (secondary N) is 2. The molecule has 194 valence electrons. The molecule has 0 radical (unpaired) electrons. The van der Waals surface area contributed by atoms with Crippen molar-refractivity contribution in [1.29, 1.82) is 0 Å². The zero-order chi connectivity index (χ0) is 26.1. The number of aryl methyl sites for hydroxylation is 3. The Morgan fingerprint density at radius 1 is 1.16 bits per heavy atom. The topological polar surface area (TPSA) is 118 Å². The van der Waals surface area contributed by atoms with Crippen LogP contribution < -0.4 is 15.4 Å². The summed E-state index contributed by atoms with van der Waals surface area (Å²) in [5, 5.41) is 10.8. The van der Waals surface area contributed by atoms with Crippen molar-refractivity contribution < 1.29 is 14.1 Å². The molecule has 0 aliphatic carbocycles. The highest BCUT2D eigenvalue weighted by Crippen LogP contribution is 2.31. The smallest absolute Gasteiger partial charge is 0.276 e. The van der Waals surface area contributed by atoms with Crippen LogP contribution in [0.2, 0.25) is 5.02 Å². The van der Waals surface area contributed by atoms with E-state index < -0.39 is 0 Å². The van der Waals surface area contributed by atoms with E-state index in [4.69, 9.17) is 20.9 Å². The number of halogens is 1. The predicted molar refractivity (Wildman–Crippen MR) is 142 cm³/mol. The van der Waals surface area contributed by atoms with Crippen LogP contribution in [-0.2, 0) is 12.8 Å². The zero-order valence-corrected chi connectivity index (χ0v) is 21.5. The third-order valence-electron chi connectivity index (χ3n) is 6.70. The number of fused-ring (bicyclic) bond motifs is 6. The van der Waals surface area contributed by atoms with Gasteiger partial charge in [0.2, 0.25) is 5.95 Å². The predicted octanol–water partition coefficient (Wildman–Crippen LogP) is 4.95. The Morgan fingerprint density at radius 2 is 2.08 bits per heavy atom. The van der Waals surface area contributed by atoms with Crippen LogP contribution in [-0.4, -0.2) is 50.6 Å². The number of hydrogen-bond acceptors (Lipinski definition) is 9. The molecule has 10 nitrogen and oxygen atoms in total. The number of carbonyl (C=O) groups is 1. The van der Waals surface area contributed by atoms with Crippen molar-refractivity contribution in [3.05, 3.63) is 76.5 Å². The molecule has 2 aliphatic heterocycles. The van der Waals surface area contributed by atoms with Gasteiger partial charge in [-0.05, 0) is 61.6 Å². The highest BCUT2D eigenvalue weighted by atomic mass is 35.5. The molecule has 5 heterocycles. The number of rotatable bonds is 4. The Balaban J connectivity index is 1.20. The second kappa shape index (κ2) is 10.3. The van der Waals surface area contributed by atoms with Crippen molar-refractivity contribution in [2.24, 2.45) is 5.92 Å². The first kappa shape index (κ1) is 24.2. The van der Waals surface area contributed by atoms with Crippen LogP contribution in [0.5, 0.6) is 5.75 Å². The molecule has 1 atom stereocenters.